The molecule has 0 spiro atoms. The van der Waals surface area contributed by atoms with Crippen LogP contribution in [0.15, 0.2) is 29.2 Å². The van der Waals surface area contributed by atoms with Crippen molar-refractivity contribution < 1.29 is 27.8 Å². The molecule has 92 valence electrons. The maximum Gasteiger partial charge on any atom is 0.420 e. The quantitative estimate of drug-likeness (QED) is 0.655. The third-order valence-corrected chi connectivity index (χ3v) is 3.13. The minimum absolute atomic E-state index is 0.813. The van der Waals surface area contributed by atoms with Crippen molar-refractivity contribution in [1.82, 2.24) is 0 Å². The molecule has 0 aliphatic carbocycles. The number of nitro groups is 1. The van der Waals surface area contributed by atoms with Crippen LogP contribution in [-0.4, -0.2) is 25.5 Å². The van der Waals surface area contributed by atoms with E-state index in [-0.39, 0.29) is 0 Å². The number of alkyl halides is 2. The largest absolute Gasteiger partial charge is 0.476 e. The number of nitrogens with zero attached hydrogens (tertiary/aromatic N) is 1. The molecule has 1 unspecified atom stereocenters. The molecule has 0 amide bonds. The Morgan fingerprint density at radius 2 is 1.94 bits per heavy atom. The zero-order chi connectivity index (χ0) is 13.2. The minimum atomic E-state index is -4.58. The number of hydrogen-bond donors (Lipinski definition) is 1. The highest BCUT2D eigenvalue weighted by Crippen LogP contribution is 2.30. The third kappa shape index (κ3) is 2.44. The average Bonchev–Trinajstić information content (AvgIpc) is 2.27. The fourth-order valence-corrected chi connectivity index (χ4v) is 1.95. The summed E-state index contributed by atoms with van der Waals surface area (Å²) in [5, 5.41) is 14.1. The maximum absolute atomic E-state index is 12.9. The van der Waals surface area contributed by atoms with E-state index in [1.54, 1.807) is 0 Å². The van der Waals surface area contributed by atoms with Crippen LogP contribution in [0, 0.1) is 10.1 Å². The fourth-order valence-electron chi connectivity index (χ4n) is 0.982. The lowest BCUT2D eigenvalue weighted by atomic mass is 10.3. The van der Waals surface area contributed by atoms with Crippen molar-refractivity contribution in [3.63, 3.8) is 0 Å². The Bertz CT molecular complexity index is 504. The molecule has 6 nitrogen and oxygen atoms in total. The molecule has 1 aromatic carbocycles. The number of carboxylic acids is 1. The van der Waals surface area contributed by atoms with Crippen molar-refractivity contribution in [2.24, 2.45) is 0 Å². The van der Waals surface area contributed by atoms with Gasteiger partial charge in [-0.25, -0.2) is 9.00 Å². The highest BCUT2D eigenvalue weighted by molar-refractivity contribution is 7.87. The standard InChI is InChI=1S/C8H5F2NO5S/c9-8(10,7(12)13)17(16)6-4-2-1-3-5(6)11(14)15/h1-4H,(H,12,13). The first-order chi connectivity index (χ1) is 7.78. The molecule has 17 heavy (non-hydrogen) atoms. The zero-order valence-electron chi connectivity index (χ0n) is 8.00. The number of rotatable bonds is 4. The number of halogens is 2. The normalized spacial score (nSPS) is 13.1. The third-order valence-electron chi connectivity index (χ3n) is 1.74. The smallest absolute Gasteiger partial charge is 0.420 e. The SMILES string of the molecule is O=C(O)C(F)(F)S(=O)c1ccccc1[N+](=O)[O-]. The number of benzene rings is 1. The molecule has 9 heteroatoms. The van der Waals surface area contributed by atoms with Crippen LogP contribution in [0.5, 0.6) is 0 Å². The van der Waals surface area contributed by atoms with Gasteiger partial charge in [0.15, 0.2) is 0 Å². The second-order valence-electron chi connectivity index (χ2n) is 2.82. The minimum Gasteiger partial charge on any atom is -0.476 e. The van der Waals surface area contributed by atoms with Crippen LogP contribution in [0.2, 0.25) is 0 Å². The predicted molar refractivity (Wildman–Crippen MR) is 52.1 cm³/mol. The summed E-state index contributed by atoms with van der Waals surface area (Å²) in [4.78, 5) is 18.9. The van der Waals surface area contributed by atoms with Crippen LogP contribution >= 0.6 is 0 Å². The van der Waals surface area contributed by atoms with E-state index >= 15 is 0 Å². The van der Waals surface area contributed by atoms with Crippen LogP contribution in [0.4, 0.5) is 14.5 Å². The molecule has 0 aliphatic heterocycles. The summed E-state index contributed by atoms with van der Waals surface area (Å²) in [7, 11) is -3.33. The molecule has 0 saturated carbocycles. The van der Waals surface area contributed by atoms with Crippen molar-refractivity contribution in [2.75, 3.05) is 0 Å². The van der Waals surface area contributed by atoms with Gasteiger partial charge in [-0.15, -0.1) is 0 Å². The van der Waals surface area contributed by atoms with Gasteiger partial charge in [0, 0.05) is 6.07 Å². The van der Waals surface area contributed by atoms with Crippen molar-refractivity contribution in [3.05, 3.63) is 34.4 Å². The number of nitro benzene ring substituents is 1. The van der Waals surface area contributed by atoms with E-state index in [0.717, 1.165) is 18.2 Å². The van der Waals surface area contributed by atoms with Gasteiger partial charge < -0.3 is 5.11 Å². The molecular weight excluding hydrogens is 260 g/mol. The van der Waals surface area contributed by atoms with E-state index in [0.29, 0.717) is 0 Å². The Morgan fingerprint density at radius 1 is 1.41 bits per heavy atom. The predicted octanol–water partition coefficient (Wildman–Crippen LogP) is 1.38. The summed E-state index contributed by atoms with van der Waals surface area (Å²) >= 11 is 0. The molecular formula is C8H5F2NO5S. The second kappa shape index (κ2) is 4.53. The Kier molecular flexibility index (Phi) is 3.51. The first kappa shape index (κ1) is 13.2. The summed E-state index contributed by atoms with van der Waals surface area (Å²) < 4.78 is 37.2. The average molecular weight is 265 g/mol. The van der Waals surface area contributed by atoms with Gasteiger partial charge in [0.05, 0.1) is 4.92 Å². The number of aliphatic carboxylic acids is 1. The van der Waals surface area contributed by atoms with Gasteiger partial charge in [-0.05, 0) is 6.07 Å². The summed E-state index contributed by atoms with van der Waals surface area (Å²) in [6.07, 6.45) is 0. The van der Waals surface area contributed by atoms with E-state index in [1.807, 2.05) is 0 Å². The summed E-state index contributed by atoms with van der Waals surface area (Å²) in [6, 6.07) is 4.03. The lowest BCUT2D eigenvalue weighted by Crippen LogP contribution is -2.33. The van der Waals surface area contributed by atoms with Gasteiger partial charge in [-0.3, -0.25) is 10.1 Å². The van der Waals surface area contributed by atoms with Gasteiger partial charge in [-0.1, -0.05) is 12.1 Å². The van der Waals surface area contributed by atoms with E-state index in [2.05, 4.69) is 0 Å². The molecule has 0 radical (unpaired) electrons. The first-order valence-corrected chi connectivity index (χ1v) is 5.20. The molecule has 1 atom stereocenters. The van der Waals surface area contributed by atoms with Gasteiger partial charge in [0.2, 0.25) is 0 Å². The number of para-hydroxylation sites is 1. The molecule has 1 rings (SSSR count). The van der Waals surface area contributed by atoms with Crippen LogP contribution in [0.3, 0.4) is 0 Å². The molecule has 0 aromatic heterocycles. The van der Waals surface area contributed by atoms with Gasteiger partial charge >= 0.3 is 11.2 Å². The molecule has 0 aliphatic rings. The van der Waals surface area contributed by atoms with E-state index < -0.39 is 37.5 Å². The van der Waals surface area contributed by atoms with Gasteiger partial charge in [-0.2, -0.15) is 8.78 Å². The Morgan fingerprint density at radius 3 is 2.41 bits per heavy atom. The topological polar surface area (TPSA) is 97.5 Å². The molecule has 1 aromatic rings. The van der Waals surface area contributed by atoms with Crippen LogP contribution < -0.4 is 0 Å². The number of hydrogen-bond acceptors (Lipinski definition) is 4. The van der Waals surface area contributed by atoms with Gasteiger partial charge in [0.25, 0.3) is 5.69 Å². The van der Waals surface area contributed by atoms with Crippen LogP contribution in [0.25, 0.3) is 0 Å². The molecule has 0 fully saturated rings. The van der Waals surface area contributed by atoms with Crippen LogP contribution in [-0.2, 0) is 15.6 Å². The number of carbonyl (C=O) groups is 1. The van der Waals surface area contributed by atoms with Gasteiger partial charge in [0.1, 0.15) is 15.7 Å². The molecule has 1 N–H and O–H groups in total. The Balaban J connectivity index is 3.31. The van der Waals surface area contributed by atoms with Crippen molar-refractivity contribution in [2.45, 2.75) is 10.2 Å². The highest BCUT2D eigenvalue weighted by Gasteiger charge is 2.48. The second-order valence-corrected chi connectivity index (χ2v) is 4.31. The monoisotopic (exact) mass is 265 g/mol. The molecule has 0 heterocycles. The fraction of sp³-hybridized carbons (Fsp3) is 0.125. The highest BCUT2D eigenvalue weighted by atomic mass is 32.2. The maximum atomic E-state index is 12.9. The van der Waals surface area contributed by atoms with Crippen molar-refractivity contribution in [1.29, 1.82) is 0 Å². The summed E-state index contributed by atoms with van der Waals surface area (Å²) in [5.41, 5.74) is -0.813. The lowest BCUT2D eigenvalue weighted by Gasteiger charge is -2.10. The Labute approximate surface area is 95.5 Å². The molecule has 0 bridgehead atoms. The van der Waals surface area contributed by atoms with E-state index in [9.17, 15) is 27.9 Å². The van der Waals surface area contributed by atoms with E-state index in [1.165, 1.54) is 6.07 Å². The lowest BCUT2D eigenvalue weighted by molar-refractivity contribution is -0.387. The Hall–Kier alpha value is -1.90. The zero-order valence-corrected chi connectivity index (χ0v) is 8.82. The van der Waals surface area contributed by atoms with Crippen molar-refractivity contribution in [3.8, 4) is 0 Å². The van der Waals surface area contributed by atoms with Crippen molar-refractivity contribution >= 4 is 22.5 Å². The summed E-state index contributed by atoms with van der Waals surface area (Å²) in [5.74, 6) is -2.60. The first-order valence-electron chi connectivity index (χ1n) is 4.05. The molecule has 0 saturated heterocycles. The van der Waals surface area contributed by atoms with E-state index in [4.69, 9.17) is 5.11 Å². The van der Waals surface area contributed by atoms with Crippen LogP contribution in [0.1, 0.15) is 0 Å². The number of carboxylic acid groups (broad SMARTS) is 1. The summed E-state index contributed by atoms with van der Waals surface area (Å²) in [6.45, 7) is 0.